The van der Waals surface area contributed by atoms with Crippen LogP contribution in [0.2, 0.25) is 0 Å². The molecule has 2 saturated heterocycles. The summed E-state index contributed by atoms with van der Waals surface area (Å²) in [7, 11) is 0. The van der Waals surface area contributed by atoms with E-state index in [2.05, 4.69) is 15.2 Å². The molecule has 3 aliphatic rings. The SMILES string of the molecule is FC1(F)CN(c2cnc3c(c2)OC[C@@H]2CNCCN32)C1. The lowest BCUT2D eigenvalue weighted by atomic mass is 10.1. The van der Waals surface area contributed by atoms with Crippen molar-refractivity contribution < 1.29 is 13.5 Å². The lowest BCUT2D eigenvalue weighted by Gasteiger charge is -2.43. The number of pyridine rings is 1. The molecule has 1 atom stereocenters. The summed E-state index contributed by atoms with van der Waals surface area (Å²) in [4.78, 5) is 8.31. The zero-order valence-electron chi connectivity index (χ0n) is 11.0. The first-order valence-electron chi connectivity index (χ1n) is 6.85. The van der Waals surface area contributed by atoms with Crippen molar-refractivity contribution in [3.8, 4) is 5.75 Å². The summed E-state index contributed by atoms with van der Waals surface area (Å²) in [6, 6.07) is 2.14. The number of ether oxygens (including phenoxy) is 1. The Morgan fingerprint density at radius 2 is 2.25 bits per heavy atom. The largest absolute Gasteiger partial charge is 0.487 e. The quantitative estimate of drug-likeness (QED) is 0.821. The third-order valence-electron chi connectivity index (χ3n) is 4.08. The smallest absolute Gasteiger partial charge is 0.282 e. The number of nitrogens with zero attached hydrogens (tertiary/aromatic N) is 3. The molecule has 0 spiro atoms. The van der Waals surface area contributed by atoms with Crippen molar-refractivity contribution in [2.75, 3.05) is 49.1 Å². The molecule has 4 heterocycles. The van der Waals surface area contributed by atoms with Crippen molar-refractivity contribution in [3.63, 3.8) is 0 Å². The molecule has 108 valence electrons. The number of piperazine rings is 1. The van der Waals surface area contributed by atoms with Crippen LogP contribution in [0.15, 0.2) is 12.3 Å². The number of hydrogen-bond acceptors (Lipinski definition) is 5. The monoisotopic (exact) mass is 282 g/mol. The van der Waals surface area contributed by atoms with E-state index in [9.17, 15) is 8.78 Å². The fourth-order valence-corrected chi connectivity index (χ4v) is 2.99. The first-order valence-corrected chi connectivity index (χ1v) is 6.85. The van der Waals surface area contributed by atoms with Gasteiger partial charge in [-0.1, -0.05) is 0 Å². The van der Waals surface area contributed by atoms with E-state index in [1.165, 1.54) is 0 Å². The van der Waals surface area contributed by atoms with Gasteiger partial charge in [-0.15, -0.1) is 0 Å². The lowest BCUT2D eigenvalue weighted by molar-refractivity contribution is -0.0263. The Morgan fingerprint density at radius 3 is 3.05 bits per heavy atom. The van der Waals surface area contributed by atoms with Gasteiger partial charge < -0.3 is 19.9 Å². The highest BCUT2D eigenvalue weighted by Crippen LogP contribution is 2.38. The highest BCUT2D eigenvalue weighted by Gasteiger charge is 2.44. The number of rotatable bonds is 1. The average Bonchev–Trinajstić information content (AvgIpc) is 2.44. The van der Waals surface area contributed by atoms with E-state index >= 15 is 0 Å². The Kier molecular flexibility index (Phi) is 2.54. The van der Waals surface area contributed by atoms with Crippen LogP contribution in [-0.2, 0) is 0 Å². The van der Waals surface area contributed by atoms with Crippen LogP contribution < -0.4 is 19.9 Å². The second-order valence-corrected chi connectivity index (χ2v) is 5.59. The van der Waals surface area contributed by atoms with Gasteiger partial charge >= 0.3 is 0 Å². The van der Waals surface area contributed by atoms with Gasteiger partial charge in [0.2, 0.25) is 0 Å². The highest BCUT2D eigenvalue weighted by molar-refractivity contribution is 5.63. The molecule has 1 aromatic heterocycles. The van der Waals surface area contributed by atoms with E-state index < -0.39 is 5.92 Å². The van der Waals surface area contributed by atoms with E-state index in [0.29, 0.717) is 24.1 Å². The van der Waals surface area contributed by atoms with Crippen molar-refractivity contribution in [2.24, 2.45) is 0 Å². The van der Waals surface area contributed by atoms with Gasteiger partial charge in [0.1, 0.15) is 6.61 Å². The van der Waals surface area contributed by atoms with E-state index in [1.54, 1.807) is 11.1 Å². The molecule has 0 aromatic carbocycles. The average molecular weight is 282 g/mol. The maximum Gasteiger partial charge on any atom is 0.282 e. The highest BCUT2D eigenvalue weighted by atomic mass is 19.3. The number of nitrogens with one attached hydrogen (secondary N) is 1. The van der Waals surface area contributed by atoms with Crippen LogP contribution in [-0.4, -0.2) is 56.3 Å². The predicted molar refractivity (Wildman–Crippen MR) is 70.9 cm³/mol. The molecule has 0 radical (unpaired) electrons. The molecule has 20 heavy (non-hydrogen) atoms. The summed E-state index contributed by atoms with van der Waals surface area (Å²) >= 11 is 0. The number of anilines is 2. The molecule has 7 heteroatoms. The standard InChI is InChI=1S/C13H16F2N4O/c14-13(15)7-18(8-13)9-3-11-12(17-5-9)19-2-1-16-4-10(19)6-20-11/h3,5,10,16H,1-2,4,6-8H2/t10-/m0/s1. The molecule has 3 aliphatic heterocycles. The molecule has 5 nitrogen and oxygen atoms in total. The zero-order valence-corrected chi connectivity index (χ0v) is 11.0. The fraction of sp³-hybridized carbons (Fsp3) is 0.615. The van der Waals surface area contributed by atoms with Crippen LogP contribution in [0.4, 0.5) is 20.3 Å². The first-order chi connectivity index (χ1) is 9.62. The summed E-state index contributed by atoms with van der Waals surface area (Å²) in [5, 5.41) is 3.33. The van der Waals surface area contributed by atoms with Crippen LogP contribution in [0.5, 0.6) is 5.75 Å². The van der Waals surface area contributed by atoms with Crippen molar-refractivity contribution in [3.05, 3.63) is 12.3 Å². The van der Waals surface area contributed by atoms with E-state index in [0.717, 1.165) is 25.5 Å². The molecular weight excluding hydrogens is 266 g/mol. The van der Waals surface area contributed by atoms with Crippen molar-refractivity contribution in [1.82, 2.24) is 10.3 Å². The minimum atomic E-state index is -2.57. The van der Waals surface area contributed by atoms with Crippen LogP contribution in [0, 0.1) is 0 Å². The molecule has 1 N–H and O–H groups in total. The molecule has 0 amide bonds. The maximum atomic E-state index is 12.9. The number of fused-ring (bicyclic) bond motifs is 3. The molecule has 0 aliphatic carbocycles. The Labute approximate surface area is 115 Å². The fourth-order valence-electron chi connectivity index (χ4n) is 2.99. The second kappa shape index (κ2) is 4.18. The van der Waals surface area contributed by atoms with Crippen LogP contribution in [0.3, 0.4) is 0 Å². The van der Waals surface area contributed by atoms with Crippen molar-refractivity contribution in [1.29, 1.82) is 0 Å². The molecule has 0 unspecified atom stereocenters. The van der Waals surface area contributed by atoms with Gasteiger partial charge in [0.05, 0.1) is 31.0 Å². The third-order valence-corrected chi connectivity index (χ3v) is 4.08. The zero-order chi connectivity index (χ0) is 13.7. The predicted octanol–water partition coefficient (Wildman–Crippen LogP) is 0.707. The first kappa shape index (κ1) is 12.1. The van der Waals surface area contributed by atoms with Gasteiger partial charge in [-0.05, 0) is 0 Å². The van der Waals surface area contributed by atoms with Gasteiger partial charge in [0, 0.05) is 25.7 Å². The normalized spacial score (nSPS) is 27.2. The minimum Gasteiger partial charge on any atom is -0.487 e. The summed E-state index contributed by atoms with van der Waals surface area (Å²) in [5.41, 5.74) is 0.711. The Bertz CT molecular complexity index is 531. The number of aromatic nitrogens is 1. The molecule has 4 rings (SSSR count). The van der Waals surface area contributed by atoms with E-state index in [4.69, 9.17) is 4.74 Å². The molecule has 0 saturated carbocycles. The maximum absolute atomic E-state index is 12.9. The van der Waals surface area contributed by atoms with Gasteiger partial charge in [-0.3, -0.25) is 0 Å². The Morgan fingerprint density at radius 1 is 1.40 bits per heavy atom. The van der Waals surface area contributed by atoms with Crippen LogP contribution in [0.25, 0.3) is 0 Å². The van der Waals surface area contributed by atoms with Gasteiger partial charge in [0.15, 0.2) is 11.6 Å². The summed E-state index contributed by atoms with van der Waals surface area (Å²) in [6.45, 7) is 2.86. The second-order valence-electron chi connectivity index (χ2n) is 5.59. The molecule has 0 bridgehead atoms. The summed E-state index contributed by atoms with van der Waals surface area (Å²) in [5.74, 6) is -1.03. The van der Waals surface area contributed by atoms with E-state index in [-0.39, 0.29) is 13.1 Å². The molecule has 1 aromatic rings. The number of halogens is 2. The number of hydrogen-bond donors (Lipinski definition) is 1. The van der Waals surface area contributed by atoms with Crippen LogP contribution >= 0.6 is 0 Å². The molecule has 2 fully saturated rings. The lowest BCUT2D eigenvalue weighted by Crippen LogP contribution is -2.57. The summed E-state index contributed by atoms with van der Waals surface area (Å²) < 4.78 is 31.6. The third kappa shape index (κ3) is 1.88. The summed E-state index contributed by atoms with van der Waals surface area (Å²) in [6.07, 6.45) is 1.67. The van der Waals surface area contributed by atoms with Crippen molar-refractivity contribution in [2.45, 2.75) is 12.0 Å². The van der Waals surface area contributed by atoms with Gasteiger partial charge in [-0.25, -0.2) is 13.8 Å². The minimum absolute atomic E-state index is 0.232. The van der Waals surface area contributed by atoms with Crippen LogP contribution in [0.1, 0.15) is 0 Å². The Hall–Kier alpha value is -1.63. The number of alkyl halides is 2. The topological polar surface area (TPSA) is 40.6 Å². The van der Waals surface area contributed by atoms with E-state index in [1.807, 2.05) is 6.07 Å². The Balaban J connectivity index is 1.59. The molecular formula is C13H16F2N4O. The van der Waals surface area contributed by atoms with Gasteiger partial charge in [-0.2, -0.15) is 0 Å². The van der Waals surface area contributed by atoms with Crippen molar-refractivity contribution >= 4 is 11.5 Å². The van der Waals surface area contributed by atoms with Gasteiger partial charge in [0.25, 0.3) is 5.92 Å².